The van der Waals surface area contributed by atoms with Gasteiger partial charge in [-0.2, -0.15) is 0 Å². The van der Waals surface area contributed by atoms with Gasteiger partial charge < -0.3 is 10.6 Å². The lowest BCUT2D eigenvalue weighted by Gasteiger charge is -2.08. The summed E-state index contributed by atoms with van der Waals surface area (Å²) in [4.78, 5) is 24.7. The van der Waals surface area contributed by atoms with Crippen molar-refractivity contribution in [2.24, 2.45) is 0 Å². The molecule has 3 aromatic rings. The van der Waals surface area contributed by atoms with E-state index in [1.807, 2.05) is 43.3 Å². The summed E-state index contributed by atoms with van der Waals surface area (Å²) in [6, 6.07) is 11.5. The van der Waals surface area contributed by atoms with E-state index >= 15 is 0 Å². The average molecular weight is 398 g/mol. The Kier molecular flexibility index (Phi) is 5.35. The zero-order chi connectivity index (χ0) is 17.6. The van der Waals surface area contributed by atoms with E-state index in [1.165, 1.54) is 12.4 Å². The number of anilines is 2. The lowest BCUT2D eigenvalue weighted by Crippen LogP contribution is -2.24. The molecular weight excluding hydrogens is 382 g/mol. The molecule has 2 heterocycles. The van der Waals surface area contributed by atoms with Crippen molar-refractivity contribution in [2.75, 3.05) is 5.32 Å². The number of benzene rings is 1. The molecule has 0 saturated heterocycles. The molecule has 0 atom stereocenters. The average Bonchev–Trinajstić information content (AvgIpc) is 2.64. The van der Waals surface area contributed by atoms with Gasteiger partial charge in [0.2, 0.25) is 0 Å². The molecule has 0 spiro atoms. The van der Waals surface area contributed by atoms with E-state index < -0.39 is 0 Å². The van der Waals surface area contributed by atoms with Crippen LogP contribution in [0.15, 0.2) is 59.5 Å². The minimum Gasteiger partial charge on any atom is -0.345 e. The summed E-state index contributed by atoms with van der Waals surface area (Å²) in [5.74, 6) is 0.278. The van der Waals surface area contributed by atoms with Gasteiger partial charge in [0.05, 0.1) is 24.6 Å². The van der Waals surface area contributed by atoms with Crippen LogP contribution in [0.2, 0.25) is 0 Å². The number of carbonyl (C=O) groups is 1. The van der Waals surface area contributed by atoms with Gasteiger partial charge in [-0.05, 0) is 36.8 Å². The van der Waals surface area contributed by atoms with Crippen molar-refractivity contribution in [1.82, 2.24) is 20.3 Å². The lowest BCUT2D eigenvalue weighted by atomic mass is 10.2. The smallest absolute Gasteiger partial charge is 0.271 e. The Labute approximate surface area is 153 Å². The van der Waals surface area contributed by atoms with E-state index in [1.54, 1.807) is 6.20 Å². The molecule has 0 unspecified atom stereocenters. The van der Waals surface area contributed by atoms with E-state index in [0.717, 1.165) is 21.4 Å². The molecule has 126 valence electrons. The molecule has 0 bridgehead atoms. The molecular formula is C18H16BrN5O. The molecule has 0 fully saturated rings. The topological polar surface area (TPSA) is 79.8 Å². The van der Waals surface area contributed by atoms with Gasteiger partial charge >= 0.3 is 0 Å². The Balaban J connectivity index is 1.61. The number of hydrogen-bond donors (Lipinski definition) is 2. The zero-order valence-corrected chi connectivity index (χ0v) is 15.1. The Morgan fingerprint density at radius 2 is 2.00 bits per heavy atom. The Hall–Kier alpha value is -2.80. The van der Waals surface area contributed by atoms with Crippen LogP contribution in [-0.2, 0) is 6.54 Å². The molecule has 1 aromatic carbocycles. The first kappa shape index (κ1) is 17.0. The maximum atomic E-state index is 12.1. The highest BCUT2D eigenvalue weighted by Crippen LogP contribution is 2.22. The third kappa shape index (κ3) is 4.60. The molecule has 2 aromatic heterocycles. The van der Waals surface area contributed by atoms with Crippen LogP contribution in [0.4, 0.5) is 11.5 Å². The number of aromatic nitrogens is 3. The van der Waals surface area contributed by atoms with E-state index in [-0.39, 0.29) is 11.6 Å². The van der Waals surface area contributed by atoms with Crippen LogP contribution >= 0.6 is 15.9 Å². The van der Waals surface area contributed by atoms with Crippen LogP contribution in [0.1, 0.15) is 21.7 Å². The summed E-state index contributed by atoms with van der Waals surface area (Å²) in [5, 5.41) is 5.92. The fraction of sp³-hybridized carbons (Fsp3) is 0.111. The number of amides is 1. The van der Waals surface area contributed by atoms with Gasteiger partial charge in [0.25, 0.3) is 5.91 Å². The number of nitrogens with zero attached hydrogens (tertiary/aromatic N) is 3. The van der Waals surface area contributed by atoms with Crippen LogP contribution in [0.5, 0.6) is 0 Å². The number of aryl methyl sites for hydroxylation is 1. The fourth-order valence-corrected chi connectivity index (χ4v) is 2.47. The van der Waals surface area contributed by atoms with E-state index in [2.05, 4.69) is 41.5 Å². The first-order valence-electron chi connectivity index (χ1n) is 7.65. The highest BCUT2D eigenvalue weighted by Gasteiger charge is 2.08. The van der Waals surface area contributed by atoms with Crippen LogP contribution in [0, 0.1) is 6.92 Å². The molecule has 3 rings (SSSR count). The molecule has 2 N–H and O–H groups in total. The monoisotopic (exact) mass is 397 g/mol. The van der Waals surface area contributed by atoms with Gasteiger partial charge in [-0.3, -0.25) is 9.78 Å². The Bertz CT molecular complexity index is 868. The van der Waals surface area contributed by atoms with Crippen molar-refractivity contribution in [3.05, 3.63) is 76.4 Å². The molecule has 0 saturated carbocycles. The zero-order valence-electron chi connectivity index (χ0n) is 13.5. The Morgan fingerprint density at radius 1 is 1.12 bits per heavy atom. The molecule has 25 heavy (non-hydrogen) atoms. The van der Waals surface area contributed by atoms with Gasteiger partial charge in [0, 0.05) is 16.4 Å². The predicted octanol–water partition coefficient (Wildman–Crippen LogP) is 3.62. The molecule has 0 aliphatic heterocycles. The number of carbonyl (C=O) groups excluding carboxylic acids is 1. The van der Waals surface area contributed by atoms with Crippen LogP contribution in [-0.4, -0.2) is 20.9 Å². The molecule has 0 radical (unpaired) electrons. The van der Waals surface area contributed by atoms with Crippen LogP contribution < -0.4 is 10.6 Å². The van der Waals surface area contributed by atoms with Gasteiger partial charge in [-0.15, -0.1) is 0 Å². The molecule has 7 heteroatoms. The SMILES string of the molecule is Cc1ccc(Nc2cnc(C(=O)NCc3ccccn3)cn2)cc1Br. The van der Waals surface area contributed by atoms with Crippen molar-refractivity contribution in [3.8, 4) is 0 Å². The summed E-state index contributed by atoms with van der Waals surface area (Å²) >= 11 is 3.49. The molecule has 0 aliphatic rings. The first-order chi connectivity index (χ1) is 12.1. The number of nitrogens with one attached hydrogen (secondary N) is 2. The minimum atomic E-state index is -0.289. The predicted molar refractivity (Wildman–Crippen MR) is 99.6 cm³/mol. The number of pyridine rings is 1. The fourth-order valence-electron chi connectivity index (χ4n) is 2.09. The summed E-state index contributed by atoms with van der Waals surface area (Å²) in [6.45, 7) is 2.37. The van der Waals surface area contributed by atoms with Crippen molar-refractivity contribution in [2.45, 2.75) is 13.5 Å². The van der Waals surface area contributed by atoms with Gasteiger partial charge in [0.1, 0.15) is 11.5 Å². The van der Waals surface area contributed by atoms with Crippen molar-refractivity contribution >= 4 is 33.3 Å². The minimum absolute atomic E-state index is 0.256. The van der Waals surface area contributed by atoms with Gasteiger partial charge in [0.15, 0.2) is 0 Å². The largest absolute Gasteiger partial charge is 0.345 e. The van der Waals surface area contributed by atoms with Crippen molar-refractivity contribution < 1.29 is 4.79 Å². The highest BCUT2D eigenvalue weighted by atomic mass is 79.9. The number of halogens is 1. The number of rotatable bonds is 5. The van der Waals surface area contributed by atoms with Crippen LogP contribution in [0.25, 0.3) is 0 Å². The summed E-state index contributed by atoms with van der Waals surface area (Å²) < 4.78 is 1.01. The standard InChI is InChI=1S/C18H16BrN5O/c1-12-5-6-13(8-15(12)19)24-17-11-21-16(10-22-17)18(25)23-9-14-4-2-3-7-20-14/h2-8,10-11H,9H2,1H3,(H,22,24)(H,23,25). The highest BCUT2D eigenvalue weighted by molar-refractivity contribution is 9.10. The third-order valence-corrected chi connectivity index (χ3v) is 4.34. The molecule has 6 nitrogen and oxygen atoms in total. The second-order valence-corrected chi connectivity index (χ2v) is 6.23. The quantitative estimate of drug-likeness (QED) is 0.687. The van der Waals surface area contributed by atoms with Crippen LogP contribution in [0.3, 0.4) is 0 Å². The second-order valence-electron chi connectivity index (χ2n) is 5.38. The van der Waals surface area contributed by atoms with Gasteiger partial charge in [-0.25, -0.2) is 9.97 Å². The van der Waals surface area contributed by atoms with E-state index in [0.29, 0.717) is 12.4 Å². The summed E-state index contributed by atoms with van der Waals surface area (Å²) in [6.07, 6.45) is 4.66. The maximum absolute atomic E-state index is 12.1. The molecule has 1 amide bonds. The van der Waals surface area contributed by atoms with Gasteiger partial charge in [-0.1, -0.05) is 28.1 Å². The molecule has 0 aliphatic carbocycles. The first-order valence-corrected chi connectivity index (χ1v) is 8.44. The normalized spacial score (nSPS) is 10.3. The maximum Gasteiger partial charge on any atom is 0.271 e. The summed E-state index contributed by atoms with van der Waals surface area (Å²) in [5.41, 5.74) is 3.08. The Morgan fingerprint density at radius 3 is 2.68 bits per heavy atom. The van der Waals surface area contributed by atoms with Crippen molar-refractivity contribution in [3.63, 3.8) is 0 Å². The van der Waals surface area contributed by atoms with Crippen molar-refractivity contribution in [1.29, 1.82) is 0 Å². The lowest BCUT2D eigenvalue weighted by molar-refractivity contribution is 0.0945. The third-order valence-electron chi connectivity index (χ3n) is 3.48. The summed E-state index contributed by atoms with van der Waals surface area (Å²) in [7, 11) is 0. The number of hydrogen-bond acceptors (Lipinski definition) is 5. The van der Waals surface area contributed by atoms with E-state index in [9.17, 15) is 4.79 Å². The second kappa shape index (κ2) is 7.85. The van der Waals surface area contributed by atoms with E-state index in [4.69, 9.17) is 0 Å².